The molecular formula is C2H2NNaO2S2. The van der Waals surface area contributed by atoms with Crippen LogP contribution in [0.4, 0.5) is 0 Å². The first-order valence-corrected chi connectivity index (χ1v) is 3.94. The average Bonchev–Trinajstić information content (AvgIpc) is 1.30. The Morgan fingerprint density at radius 3 is 2.00 bits per heavy atom. The molecule has 0 aliphatic carbocycles. The molecule has 0 atom stereocenters. The molecule has 0 N–H and O–H groups in total. The molecule has 0 aliphatic rings. The van der Waals surface area contributed by atoms with Crippen LogP contribution in [0.15, 0.2) is 0 Å². The van der Waals surface area contributed by atoms with Crippen molar-refractivity contribution in [3.05, 3.63) is 0 Å². The number of hydrogen-bond donors (Lipinski definition) is 0. The van der Waals surface area contributed by atoms with E-state index in [1.165, 1.54) is 6.07 Å². The summed E-state index contributed by atoms with van der Waals surface area (Å²) in [6.07, 6.45) is 0. The summed E-state index contributed by atoms with van der Waals surface area (Å²) >= 11 is 3.83. The van der Waals surface area contributed by atoms with E-state index in [-0.39, 0.29) is 29.6 Å². The van der Waals surface area contributed by atoms with Crippen LogP contribution in [0.1, 0.15) is 0 Å². The molecule has 0 radical (unpaired) electrons. The Kier molecular flexibility index (Phi) is 6.72. The van der Waals surface area contributed by atoms with Gasteiger partial charge in [-0.15, -0.1) is 0 Å². The molecule has 6 heteroatoms. The van der Waals surface area contributed by atoms with Crippen LogP contribution in [0.25, 0.3) is 0 Å². The van der Waals surface area contributed by atoms with Gasteiger partial charge < -0.3 is 11.7 Å². The van der Waals surface area contributed by atoms with Gasteiger partial charge in [0.1, 0.15) is 5.75 Å². The van der Waals surface area contributed by atoms with E-state index < -0.39 is 14.6 Å². The van der Waals surface area contributed by atoms with Gasteiger partial charge in [-0.3, -0.25) is 8.42 Å². The summed E-state index contributed by atoms with van der Waals surface area (Å²) in [7, 11) is -3.45. The maximum Gasteiger partial charge on any atom is 1.00 e. The molecule has 0 heterocycles. The number of nitrogens with zero attached hydrogens (tertiary/aromatic N) is 1. The zero-order valence-corrected chi connectivity index (χ0v) is 7.92. The van der Waals surface area contributed by atoms with Gasteiger partial charge >= 0.3 is 29.6 Å². The molecule has 0 aromatic heterocycles. The Morgan fingerprint density at radius 2 is 2.00 bits per heavy atom. The van der Waals surface area contributed by atoms with Crippen LogP contribution in [0.5, 0.6) is 0 Å². The Morgan fingerprint density at radius 1 is 1.62 bits per heavy atom. The Balaban J connectivity index is 0. The summed E-state index contributed by atoms with van der Waals surface area (Å²) in [6, 6.07) is 1.42. The van der Waals surface area contributed by atoms with Crippen LogP contribution >= 0.6 is 0 Å². The van der Waals surface area contributed by atoms with E-state index in [1.807, 2.05) is 0 Å². The third-order valence-corrected chi connectivity index (χ3v) is 1.08. The maximum atomic E-state index is 9.82. The predicted octanol–water partition coefficient (Wildman–Crippen LogP) is -3.61. The summed E-state index contributed by atoms with van der Waals surface area (Å²) in [5.74, 6) is -0.567. The maximum absolute atomic E-state index is 9.82. The average molecular weight is 159 g/mol. The normalized spacial score (nSPS) is 9.00. The van der Waals surface area contributed by atoms with Crippen molar-refractivity contribution in [2.24, 2.45) is 0 Å². The molecule has 0 rings (SSSR count). The van der Waals surface area contributed by atoms with Crippen LogP contribution in [-0.2, 0) is 20.5 Å². The molecule has 0 aromatic rings. The van der Waals surface area contributed by atoms with E-state index in [0.29, 0.717) is 0 Å². The minimum Gasteiger partial charge on any atom is -0.648 e. The minimum atomic E-state index is -3.45. The van der Waals surface area contributed by atoms with E-state index in [1.54, 1.807) is 0 Å². The minimum absolute atomic E-state index is 0. The van der Waals surface area contributed by atoms with Crippen LogP contribution in [0, 0.1) is 11.3 Å². The van der Waals surface area contributed by atoms with Gasteiger partial charge in [-0.05, 0) is 0 Å². The fraction of sp³-hybridized carbons (Fsp3) is 0.500. The van der Waals surface area contributed by atoms with Gasteiger partial charge in [-0.2, -0.15) is 5.26 Å². The van der Waals surface area contributed by atoms with Crippen molar-refractivity contribution in [2.45, 2.75) is 0 Å². The topological polar surface area (TPSA) is 57.9 Å². The van der Waals surface area contributed by atoms with Crippen molar-refractivity contribution in [1.29, 1.82) is 5.26 Å². The van der Waals surface area contributed by atoms with Gasteiger partial charge in [-0.25, -0.2) is 0 Å². The van der Waals surface area contributed by atoms with Gasteiger partial charge in [0, 0.05) is 8.87 Å². The molecule has 8 heavy (non-hydrogen) atoms. The molecule has 0 saturated carbocycles. The molecular weight excluding hydrogens is 157 g/mol. The second-order valence-corrected chi connectivity index (χ2v) is 3.79. The molecule has 0 unspecified atom stereocenters. The van der Waals surface area contributed by atoms with E-state index >= 15 is 0 Å². The fourth-order valence-electron chi connectivity index (χ4n) is 0.0791. The van der Waals surface area contributed by atoms with Gasteiger partial charge in [0.15, 0.2) is 0 Å². The first kappa shape index (κ1) is 11.6. The van der Waals surface area contributed by atoms with Gasteiger partial charge in [0.05, 0.1) is 6.07 Å². The fourth-order valence-corrected chi connectivity index (χ4v) is 0.395. The van der Waals surface area contributed by atoms with Crippen molar-refractivity contribution in [1.82, 2.24) is 0 Å². The van der Waals surface area contributed by atoms with E-state index in [0.717, 1.165) is 0 Å². The third-order valence-electron chi connectivity index (χ3n) is 0.241. The monoisotopic (exact) mass is 159 g/mol. The van der Waals surface area contributed by atoms with Crippen molar-refractivity contribution in [3.63, 3.8) is 0 Å². The van der Waals surface area contributed by atoms with E-state index in [4.69, 9.17) is 5.26 Å². The van der Waals surface area contributed by atoms with Crippen molar-refractivity contribution in [3.8, 4) is 6.07 Å². The van der Waals surface area contributed by atoms with Crippen molar-refractivity contribution in [2.75, 3.05) is 5.75 Å². The number of rotatable bonds is 1. The second kappa shape index (κ2) is 4.65. The summed E-state index contributed by atoms with van der Waals surface area (Å²) < 4.78 is 19.6. The molecule has 0 aromatic carbocycles. The SMILES string of the molecule is N#CCS(=O)(=O)[S-].[Na+]. The standard InChI is InChI=1S/C2H3NO2S2.Na/c3-1-2-7(4,5)6;/h2H2,(H,4,5,6);/q;+1/p-1. The summed E-state index contributed by atoms with van der Waals surface area (Å²) in [6.45, 7) is 0. The Bertz CT molecular complexity index is 179. The molecule has 40 valence electrons. The molecule has 0 spiro atoms. The van der Waals surface area contributed by atoms with E-state index in [2.05, 4.69) is 11.7 Å². The van der Waals surface area contributed by atoms with Crippen LogP contribution in [0.2, 0.25) is 0 Å². The van der Waals surface area contributed by atoms with Gasteiger partial charge in [-0.1, -0.05) is 0 Å². The number of hydrogen-bond acceptors (Lipinski definition) is 4. The first-order chi connectivity index (χ1) is 3.06. The molecule has 3 nitrogen and oxygen atoms in total. The zero-order chi connectivity index (χ0) is 5.91. The predicted molar refractivity (Wildman–Crippen MR) is 26.8 cm³/mol. The first-order valence-electron chi connectivity index (χ1n) is 1.37. The van der Waals surface area contributed by atoms with Crippen LogP contribution in [0.3, 0.4) is 0 Å². The quantitative estimate of drug-likeness (QED) is 0.225. The largest absolute Gasteiger partial charge is 1.00 e. The zero-order valence-electron chi connectivity index (χ0n) is 4.29. The van der Waals surface area contributed by atoms with Crippen LogP contribution in [-0.4, -0.2) is 14.2 Å². The summed E-state index contributed by atoms with van der Waals surface area (Å²) in [5, 5.41) is 7.71. The smallest absolute Gasteiger partial charge is 0.648 e. The summed E-state index contributed by atoms with van der Waals surface area (Å²) in [5.41, 5.74) is 0. The molecule has 0 amide bonds. The van der Waals surface area contributed by atoms with Crippen molar-refractivity contribution < 1.29 is 38.0 Å². The Labute approximate surface area is 75.1 Å². The summed E-state index contributed by atoms with van der Waals surface area (Å²) in [4.78, 5) is 0. The Hall–Kier alpha value is 0.790. The molecule has 0 saturated heterocycles. The molecule has 0 bridgehead atoms. The number of nitriles is 1. The second-order valence-electron chi connectivity index (χ2n) is 0.860. The molecule has 0 aliphatic heterocycles. The van der Waals surface area contributed by atoms with Gasteiger partial charge in [0.25, 0.3) is 0 Å². The van der Waals surface area contributed by atoms with Gasteiger partial charge in [0.2, 0.25) is 0 Å². The van der Waals surface area contributed by atoms with Crippen LogP contribution < -0.4 is 29.6 Å². The third kappa shape index (κ3) is 9.92. The van der Waals surface area contributed by atoms with Crippen molar-refractivity contribution >= 4 is 20.5 Å². The van der Waals surface area contributed by atoms with E-state index in [9.17, 15) is 8.42 Å². The molecule has 0 fully saturated rings.